The molecule has 78 valence electrons. The number of benzene rings is 1. The Morgan fingerprint density at radius 2 is 2.40 bits per heavy atom. The summed E-state index contributed by atoms with van der Waals surface area (Å²) in [5.74, 6) is 0. The van der Waals surface area contributed by atoms with E-state index in [-0.39, 0.29) is 6.10 Å². The van der Waals surface area contributed by atoms with Crippen LogP contribution in [-0.4, -0.2) is 29.4 Å². The summed E-state index contributed by atoms with van der Waals surface area (Å²) in [6.07, 6.45) is 0.0992. The zero-order valence-corrected chi connectivity index (χ0v) is 8.51. The van der Waals surface area contributed by atoms with Crippen molar-refractivity contribution in [2.75, 3.05) is 13.7 Å². The van der Waals surface area contributed by atoms with Gasteiger partial charge in [-0.25, -0.2) is 0 Å². The van der Waals surface area contributed by atoms with Crippen molar-refractivity contribution in [3.05, 3.63) is 24.3 Å². The molecule has 0 amide bonds. The lowest BCUT2D eigenvalue weighted by Gasteiger charge is -2.06. The monoisotopic (exact) mass is 204 g/mol. The predicted molar refractivity (Wildman–Crippen MR) is 56.0 cm³/mol. The molecule has 1 unspecified atom stereocenters. The summed E-state index contributed by atoms with van der Waals surface area (Å²) < 4.78 is 12.8. The molecule has 1 aromatic carbocycles. The van der Waals surface area contributed by atoms with E-state index in [1.807, 2.05) is 18.2 Å². The Bertz CT molecular complexity index is 492. The van der Waals surface area contributed by atoms with Gasteiger partial charge in [0.25, 0.3) is 6.01 Å². The number of nitrogens with zero attached hydrogens (tertiary/aromatic N) is 2. The van der Waals surface area contributed by atoms with Crippen molar-refractivity contribution in [3.63, 3.8) is 0 Å². The van der Waals surface area contributed by atoms with E-state index in [0.29, 0.717) is 12.6 Å². The fraction of sp³-hybridized carbons (Fsp3) is 0.364. The first-order valence-electron chi connectivity index (χ1n) is 4.99. The number of hydrogen-bond donors (Lipinski definition) is 0. The summed E-state index contributed by atoms with van der Waals surface area (Å²) in [5, 5.41) is 0. The van der Waals surface area contributed by atoms with Gasteiger partial charge in [-0.2, -0.15) is 4.98 Å². The van der Waals surface area contributed by atoms with Gasteiger partial charge >= 0.3 is 0 Å². The number of fused-ring (bicyclic) bond motifs is 3. The zero-order valence-electron chi connectivity index (χ0n) is 8.51. The van der Waals surface area contributed by atoms with Crippen LogP contribution < -0.4 is 4.74 Å². The maximum Gasteiger partial charge on any atom is 0.297 e. The summed E-state index contributed by atoms with van der Waals surface area (Å²) >= 11 is 0. The molecule has 1 aliphatic heterocycles. The molecule has 4 heteroatoms. The van der Waals surface area contributed by atoms with E-state index >= 15 is 0 Å². The topological polar surface area (TPSA) is 36.3 Å². The largest absolute Gasteiger partial charge is 0.457 e. The Balaban J connectivity index is 2.01. The Labute approximate surface area is 87.4 Å². The average molecular weight is 204 g/mol. The minimum atomic E-state index is 0.0992. The van der Waals surface area contributed by atoms with Crippen LogP contribution in [0.25, 0.3) is 11.0 Å². The molecule has 0 saturated carbocycles. The van der Waals surface area contributed by atoms with Gasteiger partial charge in [-0.05, 0) is 12.1 Å². The van der Waals surface area contributed by atoms with Crippen molar-refractivity contribution in [1.29, 1.82) is 0 Å². The standard InChI is InChI=1S/C11H12N2O2/c1-14-7-8-6-13-10-5-3-2-4-9(10)12-11(13)15-8/h2-5,8H,6-7H2,1H3. The van der Waals surface area contributed by atoms with Crippen molar-refractivity contribution in [1.82, 2.24) is 9.55 Å². The average Bonchev–Trinajstić information content (AvgIpc) is 2.75. The van der Waals surface area contributed by atoms with Crippen LogP contribution in [0.1, 0.15) is 0 Å². The third kappa shape index (κ3) is 1.29. The molecule has 15 heavy (non-hydrogen) atoms. The summed E-state index contributed by atoms with van der Waals surface area (Å²) in [4.78, 5) is 4.41. The van der Waals surface area contributed by atoms with Crippen molar-refractivity contribution in [2.24, 2.45) is 0 Å². The molecule has 3 rings (SSSR count). The van der Waals surface area contributed by atoms with E-state index in [9.17, 15) is 0 Å². The molecule has 0 radical (unpaired) electrons. The highest BCUT2D eigenvalue weighted by molar-refractivity contribution is 5.76. The number of aromatic nitrogens is 2. The number of imidazole rings is 1. The van der Waals surface area contributed by atoms with Crippen LogP contribution >= 0.6 is 0 Å². The minimum absolute atomic E-state index is 0.0992. The first kappa shape index (κ1) is 8.73. The van der Waals surface area contributed by atoms with Crippen LogP contribution in [-0.2, 0) is 11.3 Å². The van der Waals surface area contributed by atoms with E-state index in [4.69, 9.17) is 9.47 Å². The molecule has 2 aromatic rings. The summed E-state index contributed by atoms with van der Waals surface area (Å²) in [6.45, 7) is 1.43. The van der Waals surface area contributed by atoms with Crippen LogP contribution in [0.5, 0.6) is 6.01 Å². The van der Waals surface area contributed by atoms with Gasteiger partial charge in [0.15, 0.2) is 0 Å². The fourth-order valence-corrected chi connectivity index (χ4v) is 1.98. The zero-order chi connectivity index (χ0) is 10.3. The van der Waals surface area contributed by atoms with Gasteiger partial charge in [-0.3, -0.25) is 4.57 Å². The lowest BCUT2D eigenvalue weighted by atomic mass is 10.3. The number of methoxy groups -OCH3 is 1. The highest BCUT2D eigenvalue weighted by atomic mass is 16.5. The smallest absolute Gasteiger partial charge is 0.297 e. The molecule has 4 nitrogen and oxygen atoms in total. The lowest BCUT2D eigenvalue weighted by Crippen LogP contribution is -2.20. The Kier molecular flexibility index (Phi) is 1.89. The second-order valence-electron chi connectivity index (χ2n) is 3.69. The van der Waals surface area contributed by atoms with E-state index in [1.54, 1.807) is 7.11 Å². The van der Waals surface area contributed by atoms with Gasteiger partial charge in [-0.1, -0.05) is 12.1 Å². The normalized spacial score (nSPS) is 19.1. The minimum Gasteiger partial charge on any atom is -0.457 e. The number of para-hydroxylation sites is 2. The van der Waals surface area contributed by atoms with Gasteiger partial charge in [0, 0.05) is 7.11 Å². The first-order valence-corrected chi connectivity index (χ1v) is 4.99. The lowest BCUT2D eigenvalue weighted by molar-refractivity contribution is 0.0919. The third-order valence-electron chi connectivity index (χ3n) is 2.63. The van der Waals surface area contributed by atoms with E-state index in [2.05, 4.69) is 15.6 Å². The van der Waals surface area contributed by atoms with Crippen LogP contribution in [0, 0.1) is 0 Å². The maximum atomic E-state index is 5.66. The van der Waals surface area contributed by atoms with Crippen LogP contribution in [0.3, 0.4) is 0 Å². The van der Waals surface area contributed by atoms with Crippen molar-refractivity contribution in [2.45, 2.75) is 12.6 Å². The van der Waals surface area contributed by atoms with Gasteiger partial charge in [0.1, 0.15) is 6.10 Å². The van der Waals surface area contributed by atoms with Crippen LogP contribution in [0.4, 0.5) is 0 Å². The summed E-state index contributed by atoms with van der Waals surface area (Å²) in [6, 6.07) is 8.76. The fourth-order valence-electron chi connectivity index (χ4n) is 1.98. The molecule has 1 aromatic heterocycles. The predicted octanol–water partition coefficient (Wildman–Crippen LogP) is 1.44. The molecular weight excluding hydrogens is 192 g/mol. The second kappa shape index (κ2) is 3.24. The molecule has 0 bridgehead atoms. The van der Waals surface area contributed by atoms with Crippen LogP contribution in [0.15, 0.2) is 24.3 Å². The van der Waals surface area contributed by atoms with E-state index < -0.39 is 0 Å². The van der Waals surface area contributed by atoms with Crippen molar-refractivity contribution < 1.29 is 9.47 Å². The summed E-state index contributed by atoms with van der Waals surface area (Å²) in [5.41, 5.74) is 2.12. The van der Waals surface area contributed by atoms with Crippen LogP contribution in [0.2, 0.25) is 0 Å². The van der Waals surface area contributed by atoms with E-state index in [1.165, 1.54) is 0 Å². The number of hydrogen-bond acceptors (Lipinski definition) is 3. The van der Waals surface area contributed by atoms with Crippen molar-refractivity contribution >= 4 is 11.0 Å². The molecule has 0 aliphatic carbocycles. The van der Waals surface area contributed by atoms with E-state index in [0.717, 1.165) is 17.6 Å². The number of rotatable bonds is 2. The SMILES string of the molecule is COCC1Cn2c(nc3ccccc32)O1. The quantitative estimate of drug-likeness (QED) is 0.742. The molecule has 1 atom stereocenters. The van der Waals surface area contributed by atoms with Gasteiger partial charge in [0.05, 0.1) is 24.2 Å². The maximum absolute atomic E-state index is 5.66. The Morgan fingerprint density at radius 1 is 1.53 bits per heavy atom. The van der Waals surface area contributed by atoms with Gasteiger partial charge in [-0.15, -0.1) is 0 Å². The highest BCUT2D eigenvalue weighted by Crippen LogP contribution is 2.27. The van der Waals surface area contributed by atoms with Gasteiger partial charge < -0.3 is 9.47 Å². The second-order valence-corrected chi connectivity index (χ2v) is 3.69. The Morgan fingerprint density at radius 3 is 3.27 bits per heavy atom. The molecule has 0 spiro atoms. The third-order valence-corrected chi connectivity index (χ3v) is 2.63. The molecule has 0 N–H and O–H groups in total. The molecule has 2 heterocycles. The molecular formula is C11H12N2O2. The molecule has 0 saturated heterocycles. The van der Waals surface area contributed by atoms with Crippen molar-refractivity contribution in [3.8, 4) is 6.01 Å². The van der Waals surface area contributed by atoms with Gasteiger partial charge in [0.2, 0.25) is 0 Å². The first-order chi connectivity index (χ1) is 7.38. The molecule has 1 aliphatic rings. The number of ether oxygens (including phenoxy) is 2. The highest BCUT2D eigenvalue weighted by Gasteiger charge is 2.25. The molecule has 0 fully saturated rings. The summed E-state index contributed by atoms with van der Waals surface area (Å²) in [7, 11) is 1.68. The Hall–Kier alpha value is -1.55.